The lowest BCUT2D eigenvalue weighted by Gasteiger charge is -2.11. The molecule has 1 aliphatic heterocycles. The molecular weight excluding hydrogens is 284 g/mol. The molecule has 1 aliphatic rings. The minimum absolute atomic E-state index is 0.00482. The lowest BCUT2D eigenvalue weighted by molar-refractivity contribution is -0.118. The summed E-state index contributed by atoms with van der Waals surface area (Å²) >= 11 is 1.43. The molecule has 2 aromatic rings. The number of hydrogen-bond donors (Lipinski definition) is 1. The molecule has 0 spiro atoms. The van der Waals surface area contributed by atoms with Crippen molar-refractivity contribution in [2.45, 2.75) is 17.6 Å². The summed E-state index contributed by atoms with van der Waals surface area (Å²) < 4.78 is 5.79. The first kappa shape index (κ1) is 13.9. The van der Waals surface area contributed by atoms with Crippen molar-refractivity contribution in [2.24, 2.45) is 0 Å². The summed E-state index contributed by atoms with van der Waals surface area (Å²) in [7, 11) is 0. The monoisotopic (exact) mass is 300 g/mol. The molecular formula is C16H16N2O2S. The predicted octanol–water partition coefficient (Wildman–Crippen LogP) is 2.29. The van der Waals surface area contributed by atoms with Crippen molar-refractivity contribution in [3.8, 4) is 5.75 Å². The van der Waals surface area contributed by atoms with E-state index >= 15 is 0 Å². The van der Waals surface area contributed by atoms with E-state index < -0.39 is 0 Å². The van der Waals surface area contributed by atoms with Gasteiger partial charge in [-0.05, 0) is 23.8 Å². The van der Waals surface area contributed by atoms with Crippen LogP contribution in [-0.4, -0.2) is 29.3 Å². The zero-order chi connectivity index (χ0) is 14.5. The Labute approximate surface area is 127 Å². The summed E-state index contributed by atoms with van der Waals surface area (Å²) in [5.41, 5.74) is 1.21. The van der Waals surface area contributed by atoms with Gasteiger partial charge in [-0.1, -0.05) is 36.0 Å². The zero-order valence-electron chi connectivity index (χ0n) is 11.5. The normalized spacial score (nSPS) is 16.1. The number of fused-ring (bicyclic) bond motifs is 1. The molecule has 5 heteroatoms. The number of rotatable bonds is 5. The Hall–Kier alpha value is -2.01. The van der Waals surface area contributed by atoms with Crippen molar-refractivity contribution in [1.29, 1.82) is 0 Å². The fourth-order valence-corrected chi connectivity index (χ4v) is 2.91. The maximum absolute atomic E-state index is 11.8. The van der Waals surface area contributed by atoms with Crippen LogP contribution in [0, 0.1) is 0 Å². The van der Waals surface area contributed by atoms with Crippen molar-refractivity contribution in [3.05, 3.63) is 54.2 Å². The number of carbonyl (C=O) groups is 1. The molecule has 21 heavy (non-hydrogen) atoms. The van der Waals surface area contributed by atoms with Crippen LogP contribution in [-0.2, 0) is 11.2 Å². The van der Waals surface area contributed by atoms with Crippen molar-refractivity contribution < 1.29 is 9.53 Å². The summed E-state index contributed by atoms with van der Waals surface area (Å²) in [5.74, 6) is 1.31. The molecule has 0 saturated carbocycles. The van der Waals surface area contributed by atoms with Crippen LogP contribution >= 0.6 is 11.8 Å². The minimum Gasteiger partial charge on any atom is -0.488 e. The number of para-hydroxylation sites is 1. The number of nitrogens with zero attached hydrogens (tertiary/aromatic N) is 1. The summed E-state index contributed by atoms with van der Waals surface area (Å²) in [4.78, 5) is 16.0. The molecule has 0 bridgehead atoms. The molecule has 0 radical (unpaired) electrons. The predicted molar refractivity (Wildman–Crippen MR) is 82.5 cm³/mol. The summed E-state index contributed by atoms with van der Waals surface area (Å²) in [6.45, 7) is 0.538. The van der Waals surface area contributed by atoms with Crippen molar-refractivity contribution in [2.75, 3.05) is 12.3 Å². The highest BCUT2D eigenvalue weighted by atomic mass is 32.2. The fraction of sp³-hybridized carbons (Fsp3) is 0.250. The van der Waals surface area contributed by atoms with Gasteiger partial charge < -0.3 is 10.1 Å². The molecule has 108 valence electrons. The third kappa shape index (κ3) is 3.76. The first-order valence-electron chi connectivity index (χ1n) is 6.86. The van der Waals surface area contributed by atoms with Crippen molar-refractivity contribution in [3.63, 3.8) is 0 Å². The van der Waals surface area contributed by atoms with Gasteiger partial charge in [0.05, 0.1) is 17.3 Å². The third-order valence-electron chi connectivity index (χ3n) is 3.23. The van der Waals surface area contributed by atoms with E-state index in [9.17, 15) is 4.79 Å². The topological polar surface area (TPSA) is 51.2 Å². The van der Waals surface area contributed by atoms with Gasteiger partial charge in [0.25, 0.3) is 0 Å². The van der Waals surface area contributed by atoms with Crippen LogP contribution in [0.2, 0.25) is 0 Å². The number of pyridine rings is 1. The van der Waals surface area contributed by atoms with E-state index in [-0.39, 0.29) is 12.0 Å². The second kappa shape index (κ2) is 6.63. The van der Waals surface area contributed by atoms with Crippen LogP contribution in [0.5, 0.6) is 5.75 Å². The van der Waals surface area contributed by atoms with E-state index in [1.165, 1.54) is 17.3 Å². The van der Waals surface area contributed by atoms with Crippen LogP contribution in [0.3, 0.4) is 0 Å². The second-order valence-corrected chi connectivity index (χ2v) is 5.81. The maximum Gasteiger partial charge on any atom is 0.230 e. The number of ether oxygens (including phenoxy) is 1. The number of nitrogens with one attached hydrogen (secondary N) is 1. The first-order chi connectivity index (χ1) is 10.3. The van der Waals surface area contributed by atoms with Crippen LogP contribution in [0.25, 0.3) is 0 Å². The Kier molecular flexibility index (Phi) is 4.40. The zero-order valence-corrected chi connectivity index (χ0v) is 12.3. The Bertz CT molecular complexity index is 594. The minimum atomic E-state index is 0.00482. The largest absolute Gasteiger partial charge is 0.488 e. The Morgan fingerprint density at radius 1 is 1.29 bits per heavy atom. The molecule has 1 aromatic carbocycles. The van der Waals surface area contributed by atoms with Crippen LogP contribution in [0.4, 0.5) is 0 Å². The average Bonchev–Trinajstić information content (AvgIpc) is 2.95. The van der Waals surface area contributed by atoms with Gasteiger partial charge >= 0.3 is 0 Å². The highest BCUT2D eigenvalue weighted by Gasteiger charge is 2.22. The molecule has 2 heterocycles. The van der Waals surface area contributed by atoms with Crippen LogP contribution in [0.1, 0.15) is 5.56 Å². The highest BCUT2D eigenvalue weighted by molar-refractivity contribution is 7.99. The van der Waals surface area contributed by atoms with E-state index in [1.54, 1.807) is 6.20 Å². The number of carbonyl (C=O) groups excluding carboxylic acids is 1. The van der Waals surface area contributed by atoms with Gasteiger partial charge in [0.1, 0.15) is 11.9 Å². The Morgan fingerprint density at radius 2 is 2.14 bits per heavy atom. The lowest BCUT2D eigenvalue weighted by Crippen LogP contribution is -2.35. The molecule has 1 aromatic heterocycles. The van der Waals surface area contributed by atoms with E-state index in [2.05, 4.69) is 16.4 Å². The lowest BCUT2D eigenvalue weighted by atomic mass is 10.1. The fourth-order valence-electron chi connectivity index (χ4n) is 2.22. The smallest absolute Gasteiger partial charge is 0.230 e. The number of aromatic nitrogens is 1. The Balaban J connectivity index is 1.41. The average molecular weight is 300 g/mol. The van der Waals surface area contributed by atoms with E-state index in [0.717, 1.165) is 17.2 Å². The van der Waals surface area contributed by atoms with Gasteiger partial charge in [-0.3, -0.25) is 4.79 Å². The molecule has 1 atom stereocenters. The van der Waals surface area contributed by atoms with Gasteiger partial charge in [-0.25, -0.2) is 4.98 Å². The molecule has 3 rings (SSSR count). The molecule has 0 fully saturated rings. The number of amides is 1. The van der Waals surface area contributed by atoms with Gasteiger partial charge in [-0.2, -0.15) is 0 Å². The maximum atomic E-state index is 11.8. The number of hydrogen-bond acceptors (Lipinski definition) is 4. The molecule has 4 nitrogen and oxygen atoms in total. The van der Waals surface area contributed by atoms with Gasteiger partial charge in [0, 0.05) is 12.6 Å². The van der Waals surface area contributed by atoms with Crippen molar-refractivity contribution >= 4 is 17.7 Å². The van der Waals surface area contributed by atoms with Gasteiger partial charge in [0.15, 0.2) is 0 Å². The molecule has 1 N–H and O–H groups in total. The van der Waals surface area contributed by atoms with Gasteiger partial charge in [0.2, 0.25) is 5.91 Å². The molecule has 1 unspecified atom stereocenters. The molecule has 0 aliphatic carbocycles. The standard InChI is InChI=1S/C16H16N2O2S/c19-15(11-21-16-7-3-4-8-17-16)18-10-13-9-12-5-1-2-6-14(12)20-13/h1-8,13H,9-11H2,(H,18,19). The number of thioether (sulfide) groups is 1. The first-order valence-corrected chi connectivity index (χ1v) is 7.85. The van der Waals surface area contributed by atoms with Crippen LogP contribution in [0.15, 0.2) is 53.7 Å². The number of benzene rings is 1. The quantitative estimate of drug-likeness (QED) is 0.861. The Morgan fingerprint density at radius 3 is 2.95 bits per heavy atom. The molecule has 1 amide bonds. The SMILES string of the molecule is O=C(CSc1ccccn1)NCC1Cc2ccccc2O1. The van der Waals surface area contributed by atoms with Crippen LogP contribution < -0.4 is 10.1 Å². The van der Waals surface area contributed by atoms with Gasteiger partial charge in [-0.15, -0.1) is 0 Å². The molecule has 0 saturated heterocycles. The summed E-state index contributed by atoms with van der Waals surface area (Å²) in [5, 5.41) is 3.78. The summed E-state index contributed by atoms with van der Waals surface area (Å²) in [6.07, 6.45) is 2.61. The highest BCUT2D eigenvalue weighted by Crippen LogP contribution is 2.27. The summed E-state index contributed by atoms with van der Waals surface area (Å²) in [6, 6.07) is 13.7. The van der Waals surface area contributed by atoms with E-state index in [1.807, 2.05) is 36.4 Å². The third-order valence-corrected chi connectivity index (χ3v) is 4.17. The van der Waals surface area contributed by atoms with E-state index in [0.29, 0.717) is 12.3 Å². The second-order valence-electron chi connectivity index (χ2n) is 4.81. The van der Waals surface area contributed by atoms with E-state index in [4.69, 9.17) is 4.74 Å². The van der Waals surface area contributed by atoms with Crippen molar-refractivity contribution in [1.82, 2.24) is 10.3 Å².